The number of hydrogen-bond donors (Lipinski definition) is 4. The molecule has 12 heteroatoms. The molecule has 1 heterocycles. The molecule has 1 aromatic heterocycles. The molecule has 0 spiro atoms. The smallest absolute Gasteiger partial charge is 0.241 e. The van der Waals surface area contributed by atoms with Crippen LogP contribution < -0.4 is 30.3 Å². The van der Waals surface area contributed by atoms with Crippen molar-refractivity contribution in [2.75, 3.05) is 61.7 Å². The van der Waals surface area contributed by atoms with Gasteiger partial charge in [-0.25, -0.2) is 13.1 Å². The van der Waals surface area contributed by atoms with Crippen LogP contribution in [0.25, 0.3) is 10.8 Å². The Bertz CT molecular complexity index is 1710. The molecule has 0 bridgehead atoms. The summed E-state index contributed by atoms with van der Waals surface area (Å²) >= 11 is 0. The second-order valence-corrected chi connectivity index (χ2v) is 14.4. The number of ether oxygens (including phenoxy) is 1. The SMILES string of the molecule is COc1ccc(CNc2nc(NCCCCCCNS(=O)(=O)c3cccc4c(N(C)C)cccc34)nc(NCC3CCCCC3)n2)cc1. The number of methoxy groups -OCH3 is 1. The maximum absolute atomic E-state index is 13.2. The van der Waals surface area contributed by atoms with E-state index >= 15 is 0 Å². The number of sulfonamides is 1. The highest BCUT2D eigenvalue weighted by molar-refractivity contribution is 7.89. The lowest BCUT2D eigenvalue weighted by Gasteiger charge is -2.21. The quantitative estimate of drug-likeness (QED) is 0.0850. The number of unbranched alkanes of at least 4 members (excludes halogenated alkanes) is 3. The first-order chi connectivity index (χ1) is 23.3. The van der Waals surface area contributed by atoms with Gasteiger partial charge in [-0.15, -0.1) is 0 Å². The van der Waals surface area contributed by atoms with E-state index in [1.165, 1.54) is 32.1 Å². The van der Waals surface area contributed by atoms with Crippen LogP contribution in [0.3, 0.4) is 0 Å². The standard InChI is InChI=1S/C36H50N8O3S/c1-44(2)32-17-11-16-31-30(32)15-12-18-33(31)48(45,46)40-24-10-5-4-9-23-37-34-41-35(38-25-27-13-7-6-8-14-27)43-36(42-34)39-26-28-19-21-29(47-3)22-20-28/h11-12,15-22,27,40H,4-10,13-14,23-26H2,1-3H3,(H3,37,38,39,41,42,43). The molecule has 4 aromatic rings. The van der Waals surface area contributed by atoms with Crippen molar-refractivity contribution >= 4 is 44.3 Å². The number of fused-ring (bicyclic) bond motifs is 1. The molecule has 0 radical (unpaired) electrons. The van der Waals surface area contributed by atoms with Crippen LogP contribution in [0.2, 0.25) is 0 Å². The number of rotatable bonds is 18. The second-order valence-electron chi connectivity index (χ2n) is 12.7. The van der Waals surface area contributed by atoms with E-state index < -0.39 is 10.0 Å². The maximum Gasteiger partial charge on any atom is 0.241 e. The fourth-order valence-electron chi connectivity index (χ4n) is 6.14. The Hall–Kier alpha value is -4.16. The van der Waals surface area contributed by atoms with Gasteiger partial charge < -0.3 is 25.6 Å². The first-order valence-electron chi connectivity index (χ1n) is 17.1. The lowest BCUT2D eigenvalue weighted by atomic mass is 9.89. The fourth-order valence-corrected chi connectivity index (χ4v) is 7.44. The molecular weight excluding hydrogens is 625 g/mol. The normalized spacial score (nSPS) is 13.7. The number of hydrogen-bond acceptors (Lipinski definition) is 10. The molecule has 3 aromatic carbocycles. The zero-order chi connectivity index (χ0) is 33.8. The molecule has 1 aliphatic carbocycles. The van der Waals surface area contributed by atoms with Crippen LogP contribution in [-0.2, 0) is 16.6 Å². The summed E-state index contributed by atoms with van der Waals surface area (Å²) in [6.07, 6.45) is 9.93. The number of benzene rings is 3. The summed E-state index contributed by atoms with van der Waals surface area (Å²) in [5.74, 6) is 3.10. The second kappa shape index (κ2) is 17.3. The van der Waals surface area contributed by atoms with Crippen molar-refractivity contribution in [3.8, 4) is 5.75 Å². The summed E-state index contributed by atoms with van der Waals surface area (Å²) in [6.45, 7) is 2.55. The van der Waals surface area contributed by atoms with Crippen LogP contribution in [0.1, 0.15) is 63.4 Å². The van der Waals surface area contributed by atoms with Gasteiger partial charge in [-0.05, 0) is 61.4 Å². The zero-order valence-electron chi connectivity index (χ0n) is 28.5. The van der Waals surface area contributed by atoms with Crippen molar-refractivity contribution in [1.29, 1.82) is 0 Å². The molecule has 0 saturated heterocycles. The molecule has 0 aliphatic heterocycles. The zero-order valence-corrected chi connectivity index (χ0v) is 29.3. The van der Waals surface area contributed by atoms with Crippen molar-refractivity contribution in [1.82, 2.24) is 19.7 Å². The molecule has 4 N–H and O–H groups in total. The molecule has 1 fully saturated rings. The van der Waals surface area contributed by atoms with Crippen molar-refractivity contribution in [2.45, 2.75) is 69.2 Å². The average molecular weight is 675 g/mol. The van der Waals surface area contributed by atoms with E-state index in [-0.39, 0.29) is 0 Å². The third-order valence-corrected chi connectivity index (χ3v) is 10.3. The van der Waals surface area contributed by atoms with E-state index in [0.29, 0.717) is 48.3 Å². The Morgan fingerprint density at radius 3 is 2.10 bits per heavy atom. The highest BCUT2D eigenvalue weighted by Crippen LogP contribution is 2.30. The number of nitrogens with zero attached hydrogens (tertiary/aromatic N) is 4. The Balaban J connectivity index is 1.09. The van der Waals surface area contributed by atoms with Crippen LogP contribution in [0.5, 0.6) is 5.75 Å². The fraction of sp³-hybridized carbons (Fsp3) is 0.472. The van der Waals surface area contributed by atoms with Gasteiger partial charge in [0, 0.05) is 56.7 Å². The molecule has 1 aliphatic rings. The van der Waals surface area contributed by atoms with Crippen molar-refractivity contribution in [3.63, 3.8) is 0 Å². The Morgan fingerprint density at radius 2 is 1.40 bits per heavy atom. The largest absolute Gasteiger partial charge is 0.497 e. The van der Waals surface area contributed by atoms with E-state index in [1.807, 2.05) is 67.5 Å². The predicted octanol–water partition coefficient (Wildman–Crippen LogP) is 6.65. The monoisotopic (exact) mass is 674 g/mol. The molecule has 5 rings (SSSR count). The first kappa shape index (κ1) is 35.2. The van der Waals surface area contributed by atoms with Gasteiger partial charge in [0.2, 0.25) is 27.9 Å². The van der Waals surface area contributed by atoms with Gasteiger partial charge in [0.25, 0.3) is 0 Å². The highest BCUT2D eigenvalue weighted by Gasteiger charge is 2.18. The van der Waals surface area contributed by atoms with E-state index in [9.17, 15) is 8.42 Å². The van der Waals surface area contributed by atoms with Crippen LogP contribution in [-0.4, -0.2) is 64.2 Å². The maximum atomic E-state index is 13.2. The minimum absolute atomic E-state index is 0.315. The van der Waals surface area contributed by atoms with Gasteiger partial charge in [-0.1, -0.05) is 68.5 Å². The van der Waals surface area contributed by atoms with Gasteiger partial charge in [-0.2, -0.15) is 15.0 Å². The summed E-state index contributed by atoms with van der Waals surface area (Å²) < 4.78 is 34.5. The molecule has 11 nitrogen and oxygen atoms in total. The van der Waals surface area contributed by atoms with E-state index in [1.54, 1.807) is 19.2 Å². The molecule has 258 valence electrons. The van der Waals surface area contributed by atoms with Gasteiger partial charge in [-0.3, -0.25) is 0 Å². The minimum atomic E-state index is -3.63. The molecular formula is C36H50N8O3S. The van der Waals surface area contributed by atoms with Crippen LogP contribution in [0, 0.1) is 5.92 Å². The van der Waals surface area contributed by atoms with Crippen molar-refractivity contribution in [2.24, 2.45) is 5.92 Å². The third-order valence-electron chi connectivity index (χ3n) is 8.83. The molecule has 48 heavy (non-hydrogen) atoms. The first-order valence-corrected chi connectivity index (χ1v) is 18.6. The number of aromatic nitrogens is 3. The summed E-state index contributed by atoms with van der Waals surface area (Å²) in [4.78, 5) is 16.2. The van der Waals surface area contributed by atoms with E-state index in [4.69, 9.17) is 4.74 Å². The lowest BCUT2D eigenvalue weighted by molar-refractivity contribution is 0.373. The van der Waals surface area contributed by atoms with Crippen molar-refractivity contribution < 1.29 is 13.2 Å². The Labute approximate surface area is 285 Å². The van der Waals surface area contributed by atoms with Crippen molar-refractivity contribution in [3.05, 3.63) is 66.2 Å². The molecule has 0 atom stereocenters. The van der Waals surface area contributed by atoms with Gasteiger partial charge in [0.1, 0.15) is 5.75 Å². The van der Waals surface area contributed by atoms with E-state index in [2.05, 4.69) is 35.6 Å². The van der Waals surface area contributed by atoms with E-state index in [0.717, 1.165) is 60.0 Å². The summed E-state index contributed by atoms with van der Waals surface area (Å²) in [5, 5.41) is 11.8. The van der Waals surface area contributed by atoms with Gasteiger partial charge in [0.05, 0.1) is 12.0 Å². The van der Waals surface area contributed by atoms with Gasteiger partial charge >= 0.3 is 0 Å². The highest BCUT2D eigenvalue weighted by atomic mass is 32.2. The topological polar surface area (TPSA) is 133 Å². The van der Waals surface area contributed by atoms with Gasteiger partial charge in [0.15, 0.2) is 0 Å². The lowest BCUT2D eigenvalue weighted by Crippen LogP contribution is -2.25. The molecule has 0 amide bonds. The van der Waals surface area contributed by atoms with Crippen LogP contribution in [0.15, 0.2) is 65.6 Å². The molecule has 0 unspecified atom stereocenters. The van der Waals surface area contributed by atoms with Crippen LogP contribution in [0.4, 0.5) is 23.5 Å². The number of nitrogens with one attached hydrogen (secondary N) is 4. The molecule has 1 saturated carbocycles. The van der Waals surface area contributed by atoms with Crippen LogP contribution >= 0.6 is 0 Å². The minimum Gasteiger partial charge on any atom is -0.497 e. The number of anilines is 4. The third kappa shape index (κ3) is 9.93. The Kier molecular flexibility index (Phi) is 12.7. The Morgan fingerprint density at radius 1 is 0.750 bits per heavy atom. The average Bonchev–Trinajstić information content (AvgIpc) is 3.11. The summed E-state index contributed by atoms with van der Waals surface area (Å²) in [5.41, 5.74) is 2.09. The summed E-state index contributed by atoms with van der Waals surface area (Å²) in [7, 11) is 1.95. The summed E-state index contributed by atoms with van der Waals surface area (Å²) in [6, 6.07) is 19.1. The predicted molar refractivity (Wildman–Crippen MR) is 196 cm³/mol.